The highest BCUT2D eigenvalue weighted by molar-refractivity contribution is 8.02. The maximum atomic E-state index is 4.22. The van der Waals surface area contributed by atoms with Crippen LogP contribution in [0.25, 0.3) is 28.0 Å². The molecule has 0 spiro atoms. The summed E-state index contributed by atoms with van der Waals surface area (Å²) in [6, 6.07) is 8.51. The Morgan fingerprint density at radius 3 is 3.12 bits per heavy atom. The van der Waals surface area contributed by atoms with Gasteiger partial charge in [-0.3, -0.25) is 4.98 Å². The first-order valence-electron chi connectivity index (χ1n) is 5.15. The Hall–Kier alpha value is -1.74. The van der Waals surface area contributed by atoms with E-state index in [-0.39, 0.29) is 0 Å². The molecule has 76 valence electrons. The van der Waals surface area contributed by atoms with Gasteiger partial charge in [0.2, 0.25) is 0 Å². The Bertz CT molecular complexity index is 740. The number of fused-ring (bicyclic) bond motifs is 3. The first-order valence-corrected chi connectivity index (χ1v) is 6.03. The summed E-state index contributed by atoms with van der Waals surface area (Å²) < 4.78 is 2.25. The zero-order valence-electron chi connectivity index (χ0n) is 8.42. The molecule has 2 nitrogen and oxygen atoms in total. The quantitative estimate of drug-likeness (QED) is 0.579. The number of pyridine rings is 1. The van der Waals surface area contributed by atoms with Crippen LogP contribution in [0, 0.1) is 0 Å². The topological polar surface area (TPSA) is 17.8 Å². The normalized spacial score (nSPS) is 13.8. The fourth-order valence-electron chi connectivity index (χ4n) is 2.33. The van der Waals surface area contributed by atoms with Gasteiger partial charge in [-0.2, -0.15) is 0 Å². The van der Waals surface area contributed by atoms with Crippen LogP contribution in [0.3, 0.4) is 0 Å². The molecule has 3 aromatic rings. The molecule has 3 heterocycles. The molecular weight excluding hydrogens is 216 g/mol. The number of benzene rings is 1. The summed E-state index contributed by atoms with van der Waals surface area (Å²) in [5, 5.41) is 4.64. The molecule has 0 fully saturated rings. The Labute approximate surface area is 96.6 Å². The molecule has 0 bridgehead atoms. The van der Waals surface area contributed by atoms with Crippen molar-refractivity contribution in [2.24, 2.45) is 0 Å². The molecule has 3 heteroatoms. The lowest BCUT2D eigenvalue weighted by Gasteiger charge is -2.08. The van der Waals surface area contributed by atoms with Gasteiger partial charge in [-0.25, -0.2) is 0 Å². The molecule has 1 aliphatic heterocycles. The van der Waals surface area contributed by atoms with E-state index in [1.807, 2.05) is 12.4 Å². The van der Waals surface area contributed by atoms with Gasteiger partial charge in [0.15, 0.2) is 0 Å². The standard InChI is InChI=1S/C13H8N2S/c1-2-9-10-8-14-5-4-11(10)15-6-7-16-12(3-1)13(9)15/h1-8H. The van der Waals surface area contributed by atoms with Gasteiger partial charge >= 0.3 is 0 Å². The summed E-state index contributed by atoms with van der Waals surface area (Å²) in [6.45, 7) is 0. The van der Waals surface area contributed by atoms with Crippen LogP contribution in [0.15, 0.2) is 47.0 Å². The van der Waals surface area contributed by atoms with E-state index in [0.717, 1.165) is 0 Å². The van der Waals surface area contributed by atoms with Gasteiger partial charge in [0.1, 0.15) is 0 Å². The smallest absolute Gasteiger partial charge is 0.0675 e. The van der Waals surface area contributed by atoms with Gasteiger partial charge in [-0.1, -0.05) is 23.9 Å². The number of aromatic nitrogens is 2. The second-order valence-corrected chi connectivity index (χ2v) is 4.77. The van der Waals surface area contributed by atoms with Crippen LogP contribution >= 0.6 is 11.8 Å². The summed E-state index contributed by atoms with van der Waals surface area (Å²) in [5.41, 5.74) is 2.53. The first-order chi connectivity index (χ1) is 7.95. The molecule has 0 amide bonds. The molecular formula is C13H8N2S. The highest BCUT2D eigenvalue weighted by Crippen LogP contribution is 2.38. The molecule has 0 unspecified atom stereocenters. The molecule has 0 aliphatic carbocycles. The highest BCUT2D eigenvalue weighted by Gasteiger charge is 2.14. The molecule has 0 radical (unpaired) electrons. The van der Waals surface area contributed by atoms with Crippen molar-refractivity contribution in [2.45, 2.75) is 4.90 Å². The summed E-state index contributed by atoms with van der Waals surface area (Å²) in [4.78, 5) is 5.53. The maximum absolute atomic E-state index is 4.22. The van der Waals surface area contributed by atoms with E-state index in [0.29, 0.717) is 0 Å². The van der Waals surface area contributed by atoms with E-state index in [1.54, 1.807) is 11.8 Å². The fraction of sp³-hybridized carbons (Fsp3) is 0. The van der Waals surface area contributed by atoms with Crippen LogP contribution in [0.5, 0.6) is 0 Å². The molecule has 0 saturated heterocycles. The zero-order chi connectivity index (χ0) is 10.5. The van der Waals surface area contributed by atoms with Gasteiger partial charge in [0.25, 0.3) is 0 Å². The largest absolute Gasteiger partial charge is 0.314 e. The van der Waals surface area contributed by atoms with Crippen molar-refractivity contribution in [3.05, 3.63) is 42.1 Å². The predicted octanol–water partition coefficient (Wildman–Crippen LogP) is 3.72. The van der Waals surface area contributed by atoms with Crippen LogP contribution in [0.2, 0.25) is 0 Å². The lowest BCUT2D eigenvalue weighted by molar-refractivity contribution is 1.24. The molecule has 1 aliphatic rings. The van der Waals surface area contributed by atoms with Crippen LogP contribution in [0.1, 0.15) is 0 Å². The van der Waals surface area contributed by atoms with E-state index < -0.39 is 0 Å². The van der Waals surface area contributed by atoms with E-state index in [4.69, 9.17) is 0 Å². The number of hydrogen-bond acceptors (Lipinski definition) is 2. The van der Waals surface area contributed by atoms with Gasteiger partial charge in [0, 0.05) is 34.3 Å². The molecule has 0 N–H and O–H groups in total. The van der Waals surface area contributed by atoms with Crippen molar-refractivity contribution >= 4 is 39.8 Å². The fourth-order valence-corrected chi connectivity index (χ4v) is 3.13. The molecule has 2 aromatic heterocycles. The second-order valence-electron chi connectivity index (χ2n) is 3.82. The third kappa shape index (κ3) is 0.913. The SMILES string of the molecule is C1=Cn2c3ccncc3c3cccc(c32)S1. The van der Waals surface area contributed by atoms with Crippen molar-refractivity contribution < 1.29 is 0 Å². The van der Waals surface area contributed by atoms with Gasteiger partial charge < -0.3 is 4.57 Å². The lowest BCUT2D eigenvalue weighted by Crippen LogP contribution is -1.90. The van der Waals surface area contributed by atoms with E-state index in [2.05, 4.69) is 45.4 Å². The van der Waals surface area contributed by atoms with E-state index >= 15 is 0 Å². The first kappa shape index (κ1) is 8.42. The summed E-state index contributed by atoms with van der Waals surface area (Å²) in [5.74, 6) is 0. The van der Waals surface area contributed by atoms with Crippen LogP contribution < -0.4 is 0 Å². The zero-order valence-corrected chi connectivity index (χ0v) is 9.24. The average molecular weight is 224 g/mol. The van der Waals surface area contributed by atoms with Crippen LogP contribution in [-0.4, -0.2) is 9.55 Å². The van der Waals surface area contributed by atoms with Crippen LogP contribution in [-0.2, 0) is 0 Å². The molecule has 1 aromatic carbocycles. The van der Waals surface area contributed by atoms with Gasteiger partial charge in [-0.15, -0.1) is 0 Å². The number of rotatable bonds is 0. The Kier molecular flexibility index (Phi) is 1.52. The predicted molar refractivity (Wildman–Crippen MR) is 68.4 cm³/mol. The monoisotopic (exact) mass is 224 g/mol. The van der Waals surface area contributed by atoms with Crippen molar-refractivity contribution in [1.29, 1.82) is 0 Å². The number of thioether (sulfide) groups is 1. The Morgan fingerprint density at radius 2 is 2.12 bits per heavy atom. The molecule has 4 rings (SSSR count). The van der Waals surface area contributed by atoms with Crippen molar-refractivity contribution in [3.63, 3.8) is 0 Å². The summed E-state index contributed by atoms with van der Waals surface area (Å²) >= 11 is 1.77. The summed E-state index contributed by atoms with van der Waals surface area (Å²) in [6.07, 6.45) is 5.92. The van der Waals surface area contributed by atoms with Crippen molar-refractivity contribution in [2.75, 3.05) is 0 Å². The Balaban J connectivity index is 2.40. The van der Waals surface area contributed by atoms with Gasteiger partial charge in [-0.05, 0) is 17.5 Å². The maximum Gasteiger partial charge on any atom is 0.0675 e. The Morgan fingerprint density at radius 1 is 1.12 bits per heavy atom. The molecule has 0 saturated carbocycles. The third-order valence-corrected chi connectivity index (χ3v) is 3.83. The summed E-state index contributed by atoms with van der Waals surface area (Å²) in [7, 11) is 0. The number of nitrogens with zero attached hydrogens (tertiary/aromatic N) is 2. The van der Waals surface area contributed by atoms with Gasteiger partial charge in [0.05, 0.1) is 11.0 Å². The van der Waals surface area contributed by atoms with Crippen molar-refractivity contribution in [3.8, 4) is 0 Å². The minimum atomic E-state index is 1.23. The van der Waals surface area contributed by atoms with Crippen LogP contribution in [0.4, 0.5) is 0 Å². The minimum absolute atomic E-state index is 1.23. The average Bonchev–Trinajstić information content (AvgIpc) is 2.68. The lowest BCUT2D eigenvalue weighted by atomic mass is 10.2. The van der Waals surface area contributed by atoms with E-state index in [1.165, 1.54) is 26.7 Å². The number of hydrogen-bond donors (Lipinski definition) is 0. The van der Waals surface area contributed by atoms with Crippen molar-refractivity contribution in [1.82, 2.24) is 9.55 Å². The number of para-hydroxylation sites is 1. The highest BCUT2D eigenvalue weighted by atomic mass is 32.2. The minimum Gasteiger partial charge on any atom is -0.314 e. The second kappa shape index (κ2) is 2.89. The van der Waals surface area contributed by atoms with E-state index in [9.17, 15) is 0 Å². The molecule has 0 atom stereocenters. The molecule has 16 heavy (non-hydrogen) atoms. The third-order valence-electron chi connectivity index (χ3n) is 2.99.